The van der Waals surface area contributed by atoms with Gasteiger partial charge in [-0.25, -0.2) is 4.98 Å². The van der Waals surface area contributed by atoms with Crippen LogP contribution in [0.3, 0.4) is 0 Å². The highest BCUT2D eigenvalue weighted by Crippen LogP contribution is 2.37. The minimum Gasteiger partial charge on any atom is -0.486 e. The molecule has 1 amide bonds. The van der Waals surface area contributed by atoms with E-state index in [1.165, 1.54) is 5.56 Å². The lowest BCUT2D eigenvalue weighted by Crippen LogP contribution is -2.41. The highest BCUT2D eigenvalue weighted by atomic mass is 16.6. The number of rotatable bonds is 6. The van der Waals surface area contributed by atoms with Crippen LogP contribution in [0.5, 0.6) is 17.2 Å². The Bertz CT molecular complexity index is 1290. The highest BCUT2D eigenvalue weighted by molar-refractivity contribution is 5.94. The molecule has 2 aliphatic heterocycles. The summed E-state index contributed by atoms with van der Waals surface area (Å²) in [6.45, 7) is 1.74. The summed E-state index contributed by atoms with van der Waals surface area (Å²) >= 11 is 0. The highest BCUT2D eigenvalue weighted by Gasteiger charge is 2.33. The summed E-state index contributed by atoms with van der Waals surface area (Å²) in [6, 6.07) is 10.1. The quantitative estimate of drug-likeness (QED) is 0.483. The van der Waals surface area contributed by atoms with Crippen LogP contribution in [0, 0.1) is 0 Å². The van der Waals surface area contributed by atoms with E-state index in [1.807, 2.05) is 36.5 Å². The SMILES string of the molecule is O=C1COc2ccc(CNC3CCC(O)(CCc4ccnc5cc6c(cc45)OCCO6)CC3)nc2N1. The van der Waals surface area contributed by atoms with Crippen molar-refractivity contribution in [3.05, 3.63) is 47.8 Å². The fourth-order valence-electron chi connectivity index (χ4n) is 5.29. The minimum atomic E-state index is -0.673. The van der Waals surface area contributed by atoms with Crippen molar-refractivity contribution in [1.82, 2.24) is 15.3 Å². The zero-order valence-corrected chi connectivity index (χ0v) is 20.1. The number of fused-ring (bicyclic) bond motifs is 3. The molecule has 1 saturated carbocycles. The Morgan fingerprint density at radius 1 is 1.06 bits per heavy atom. The van der Waals surface area contributed by atoms with Gasteiger partial charge in [0.15, 0.2) is 29.7 Å². The molecule has 1 aromatic carbocycles. The Morgan fingerprint density at radius 2 is 1.86 bits per heavy atom. The van der Waals surface area contributed by atoms with Crippen molar-refractivity contribution in [1.29, 1.82) is 0 Å². The number of aryl methyl sites for hydroxylation is 1. The lowest BCUT2D eigenvalue weighted by atomic mass is 9.78. The molecular weight excluding hydrogens is 460 g/mol. The molecule has 0 atom stereocenters. The van der Waals surface area contributed by atoms with E-state index in [4.69, 9.17) is 14.2 Å². The van der Waals surface area contributed by atoms with E-state index in [1.54, 1.807) is 0 Å². The third-order valence-corrected chi connectivity index (χ3v) is 7.38. The largest absolute Gasteiger partial charge is 0.486 e. The summed E-state index contributed by atoms with van der Waals surface area (Å²) in [4.78, 5) is 20.5. The van der Waals surface area contributed by atoms with Crippen molar-refractivity contribution in [2.24, 2.45) is 0 Å². The van der Waals surface area contributed by atoms with Gasteiger partial charge in [-0.2, -0.15) is 0 Å². The molecular formula is C27H30N4O5. The van der Waals surface area contributed by atoms with Crippen molar-refractivity contribution >= 4 is 22.6 Å². The molecule has 1 aliphatic carbocycles. The van der Waals surface area contributed by atoms with E-state index in [9.17, 15) is 9.90 Å². The number of anilines is 1. The Labute approximate surface area is 209 Å². The van der Waals surface area contributed by atoms with Gasteiger partial charge in [0.25, 0.3) is 5.91 Å². The van der Waals surface area contributed by atoms with Crippen LogP contribution in [0.15, 0.2) is 36.5 Å². The van der Waals surface area contributed by atoms with E-state index in [-0.39, 0.29) is 12.5 Å². The number of benzene rings is 1. The summed E-state index contributed by atoms with van der Waals surface area (Å²) in [7, 11) is 0. The van der Waals surface area contributed by atoms with Crippen LogP contribution in [0.2, 0.25) is 0 Å². The Kier molecular flexibility index (Phi) is 6.10. The van der Waals surface area contributed by atoms with Crippen LogP contribution < -0.4 is 24.8 Å². The van der Waals surface area contributed by atoms with Gasteiger partial charge in [0.2, 0.25) is 0 Å². The molecule has 188 valence electrons. The summed E-state index contributed by atoms with van der Waals surface area (Å²) < 4.78 is 16.8. The maximum absolute atomic E-state index is 11.5. The van der Waals surface area contributed by atoms with Crippen LogP contribution in [0.1, 0.15) is 43.4 Å². The fourth-order valence-corrected chi connectivity index (χ4v) is 5.29. The average molecular weight is 491 g/mol. The number of hydrogen-bond acceptors (Lipinski definition) is 8. The number of aromatic nitrogens is 2. The van der Waals surface area contributed by atoms with Crippen molar-refractivity contribution in [3.8, 4) is 17.2 Å². The normalized spacial score (nSPS) is 23.0. The Morgan fingerprint density at radius 3 is 2.69 bits per heavy atom. The lowest BCUT2D eigenvalue weighted by molar-refractivity contribution is -0.118. The molecule has 9 heteroatoms. The monoisotopic (exact) mass is 490 g/mol. The van der Waals surface area contributed by atoms with Crippen molar-refractivity contribution in [2.45, 2.75) is 56.7 Å². The molecule has 9 nitrogen and oxygen atoms in total. The molecule has 3 aromatic rings. The molecule has 2 aromatic heterocycles. The topological polar surface area (TPSA) is 115 Å². The fraction of sp³-hybridized carbons (Fsp3) is 0.444. The predicted octanol–water partition coefficient (Wildman–Crippen LogP) is 3.13. The Balaban J connectivity index is 1.04. The molecule has 0 saturated heterocycles. The van der Waals surface area contributed by atoms with Crippen LogP contribution >= 0.6 is 0 Å². The number of hydrogen-bond donors (Lipinski definition) is 3. The number of aliphatic hydroxyl groups is 1. The van der Waals surface area contributed by atoms with Gasteiger partial charge in [-0.3, -0.25) is 9.78 Å². The first-order valence-corrected chi connectivity index (χ1v) is 12.6. The van der Waals surface area contributed by atoms with E-state index < -0.39 is 5.60 Å². The number of nitrogens with zero attached hydrogens (tertiary/aromatic N) is 2. The van der Waals surface area contributed by atoms with Gasteiger partial charge >= 0.3 is 0 Å². The average Bonchev–Trinajstić information content (AvgIpc) is 2.90. The lowest BCUT2D eigenvalue weighted by Gasteiger charge is -2.36. The molecule has 6 rings (SSSR count). The number of pyridine rings is 2. The molecule has 1 fully saturated rings. The van der Waals surface area contributed by atoms with Gasteiger partial charge in [0.1, 0.15) is 13.2 Å². The van der Waals surface area contributed by atoms with Crippen molar-refractivity contribution in [2.75, 3.05) is 25.1 Å². The summed E-state index contributed by atoms with van der Waals surface area (Å²) in [5.74, 6) is 2.40. The van der Waals surface area contributed by atoms with Gasteiger partial charge in [-0.1, -0.05) is 0 Å². The van der Waals surface area contributed by atoms with Gasteiger partial charge in [0.05, 0.1) is 16.8 Å². The number of carbonyl (C=O) groups excluding carboxylic acids is 1. The standard InChI is InChI=1S/C27H30N4O5/c32-25-16-36-22-2-1-19(30-26(22)31-25)15-29-18-4-8-27(33,9-5-18)7-3-17-6-10-28-21-14-24-23(13-20(17)21)34-11-12-35-24/h1-2,6,10,13-14,18,29,33H,3-5,7-9,11-12,15-16H2,(H,30,31,32). The van der Waals surface area contributed by atoms with Crippen LogP contribution in [0.25, 0.3) is 10.9 Å². The molecule has 3 aliphatic rings. The van der Waals surface area contributed by atoms with Crippen molar-refractivity contribution in [3.63, 3.8) is 0 Å². The van der Waals surface area contributed by atoms with E-state index in [0.717, 1.165) is 60.2 Å². The molecule has 0 unspecified atom stereocenters. The molecule has 36 heavy (non-hydrogen) atoms. The summed E-state index contributed by atoms with van der Waals surface area (Å²) in [6.07, 6.45) is 6.61. The molecule has 0 radical (unpaired) electrons. The minimum absolute atomic E-state index is 0.0278. The second-order valence-electron chi connectivity index (χ2n) is 9.85. The number of amides is 1. The second kappa shape index (κ2) is 9.55. The van der Waals surface area contributed by atoms with Crippen LogP contribution in [-0.2, 0) is 17.8 Å². The predicted molar refractivity (Wildman–Crippen MR) is 133 cm³/mol. The van der Waals surface area contributed by atoms with Gasteiger partial charge in [0, 0.05) is 30.2 Å². The van der Waals surface area contributed by atoms with E-state index in [2.05, 4.69) is 20.6 Å². The van der Waals surface area contributed by atoms with E-state index in [0.29, 0.717) is 43.8 Å². The van der Waals surface area contributed by atoms with Gasteiger partial charge in [-0.05, 0) is 68.4 Å². The summed E-state index contributed by atoms with van der Waals surface area (Å²) in [5, 5.41) is 18.7. The zero-order valence-electron chi connectivity index (χ0n) is 20.1. The molecule has 4 heterocycles. The summed E-state index contributed by atoms with van der Waals surface area (Å²) in [5.41, 5.74) is 2.23. The first-order chi connectivity index (χ1) is 17.5. The third-order valence-electron chi connectivity index (χ3n) is 7.38. The molecule has 0 spiro atoms. The third kappa shape index (κ3) is 4.81. The zero-order chi connectivity index (χ0) is 24.5. The smallest absolute Gasteiger partial charge is 0.263 e. The first-order valence-electron chi connectivity index (χ1n) is 12.6. The Hall–Kier alpha value is -3.43. The van der Waals surface area contributed by atoms with E-state index >= 15 is 0 Å². The van der Waals surface area contributed by atoms with Crippen LogP contribution in [0.4, 0.5) is 5.82 Å². The number of nitrogens with one attached hydrogen (secondary N) is 2. The van der Waals surface area contributed by atoms with Gasteiger partial charge in [-0.15, -0.1) is 0 Å². The maximum Gasteiger partial charge on any atom is 0.263 e. The number of carbonyl (C=O) groups is 1. The molecule has 3 N–H and O–H groups in total. The van der Waals surface area contributed by atoms with Crippen molar-refractivity contribution < 1.29 is 24.1 Å². The van der Waals surface area contributed by atoms with Crippen LogP contribution in [-0.4, -0.2) is 52.4 Å². The molecule has 0 bridgehead atoms. The maximum atomic E-state index is 11.5. The number of ether oxygens (including phenoxy) is 3. The first kappa shape index (κ1) is 23.0. The second-order valence-corrected chi connectivity index (χ2v) is 9.85. The van der Waals surface area contributed by atoms with Gasteiger partial charge < -0.3 is 30.0 Å².